The molecule has 0 aliphatic carbocycles. The van der Waals surface area contributed by atoms with Gasteiger partial charge in [-0.25, -0.2) is 4.79 Å². The Morgan fingerprint density at radius 2 is 1.66 bits per heavy atom. The van der Waals surface area contributed by atoms with Crippen molar-refractivity contribution in [2.24, 2.45) is 0 Å². The largest absolute Gasteiger partial charge is 0.489 e. The Morgan fingerprint density at radius 3 is 2.41 bits per heavy atom. The van der Waals surface area contributed by atoms with Gasteiger partial charge in [0.1, 0.15) is 40.8 Å². The SMILES string of the molecule is Cc1oc2ccc(OCc3ccccc3)cc2c1C(=O)Oc1ccc2c(c1)OC(=Cc1ccc(C(C)C)cc1)C2=O. The normalized spacial score (nSPS) is 13.5. The molecule has 0 fully saturated rings. The lowest BCUT2D eigenvalue weighted by molar-refractivity contribution is 0.0734. The first-order chi connectivity index (χ1) is 19.9. The first kappa shape index (κ1) is 26.1. The third-order valence-corrected chi connectivity index (χ3v) is 7.04. The van der Waals surface area contributed by atoms with Crippen LogP contribution in [0.1, 0.15) is 62.9 Å². The zero-order valence-corrected chi connectivity index (χ0v) is 23.0. The van der Waals surface area contributed by atoms with Crippen molar-refractivity contribution in [3.05, 3.63) is 130 Å². The predicted molar refractivity (Wildman–Crippen MR) is 157 cm³/mol. The summed E-state index contributed by atoms with van der Waals surface area (Å²) in [6, 6.07) is 28.0. The van der Waals surface area contributed by atoms with Gasteiger partial charge in [0.2, 0.25) is 5.78 Å². The van der Waals surface area contributed by atoms with E-state index in [1.165, 1.54) is 5.56 Å². The Kier molecular flexibility index (Phi) is 6.89. The number of esters is 1. The molecule has 41 heavy (non-hydrogen) atoms. The molecule has 0 saturated carbocycles. The molecule has 0 N–H and O–H groups in total. The van der Waals surface area contributed by atoms with Gasteiger partial charge in [-0.1, -0.05) is 68.4 Å². The van der Waals surface area contributed by atoms with Crippen LogP contribution in [0.5, 0.6) is 17.2 Å². The van der Waals surface area contributed by atoms with Crippen molar-refractivity contribution in [1.82, 2.24) is 0 Å². The lowest BCUT2D eigenvalue weighted by atomic mass is 10.0. The second-order valence-corrected chi connectivity index (χ2v) is 10.3. The van der Waals surface area contributed by atoms with Crippen LogP contribution in [0.2, 0.25) is 0 Å². The van der Waals surface area contributed by atoms with Gasteiger partial charge in [-0.05, 0) is 65.9 Å². The molecule has 0 amide bonds. The summed E-state index contributed by atoms with van der Waals surface area (Å²) in [6.45, 7) is 6.38. The van der Waals surface area contributed by atoms with Gasteiger partial charge in [-0.15, -0.1) is 0 Å². The molecule has 6 rings (SSSR count). The van der Waals surface area contributed by atoms with E-state index in [9.17, 15) is 9.59 Å². The van der Waals surface area contributed by atoms with Gasteiger partial charge in [-0.3, -0.25) is 4.79 Å². The molecule has 0 unspecified atom stereocenters. The summed E-state index contributed by atoms with van der Waals surface area (Å²) in [5.41, 5.74) is 4.41. The van der Waals surface area contributed by atoms with Gasteiger partial charge in [0.15, 0.2) is 5.76 Å². The Morgan fingerprint density at radius 1 is 0.902 bits per heavy atom. The van der Waals surface area contributed by atoms with Gasteiger partial charge in [-0.2, -0.15) is 0 Å². The third kappa shape index (κ3) is 5.37. The van der Waals surface area contributed by atoms with E-state index in [2.05, 4.69) is 13.8 Å². The Bertz CT molecular complexity index is 1790. The summed E-state index contributed by atoms with van der Waals surface area (Å²) in [7, 11) is 0. The maximum Gasteiger partial charge on any atom is 0.347 e. The lowest BCUT2D eigenvalue weighted by Crippen LogP contribution is -2.09. The van der Waals surface area contributed by atoms with Gasteiger partial charge < -0.3 is 18.6 Å². The maximum absolute atomic E-state index is 13.3. The first-order valence-electron chi connectivity index (χ1n) is 13.5. The number of ketones is 1. The third-order valence-electron chi connectivity index (χ3n) is 7.04. The lowest BCUT2D eigenvalue weighted by Gasteiger charge is -2.07. The van der Waals surface area contributed by atoms with E-state index in [1.807, 2.05) is 60.7 Å². The summed E-state index contributed by atoms with van der Waals surface area (Å²) >= 11 is 0. The zero-order chi connectivity index (χ0) is 28.5. The summed E-state index contributed by atoms with van der Waals surface area (Å²) in [4.78, 5) is 26.2. The van der Waals surface area contributed by atoms with Crippen LogP contribution >= 0.6 is 0 Å². The van der Waals surface area contributed by atoms with Crippen molar-refractivity contribution >= 4 is 28.8 Å². The van der Waals surface area contributed by atoms with Crippen LogP contribution in [0.3, 0.4) is 0 Å². The van der Waals surface area contributed by atoms with E-state index in [1.54, 1.807) is 43.3 Å². The van der Waals surface area contributed by atoms with Crippen molar-refractivity contribution in [2.45, 2.75) is 33.3 Å². The second-order valence-electron chi connectivity index (χ2n) is 10.3. The second kappa shape index (κ2) is 10.8. The summed E-state index contributed by atoms with van der Waals surface area (Å²) < 4.78 is 23.4. The maximum atomic E-state index is 13.3. The molecule has 0 saturated heterocycles. The Hall–Kier alpha value is -5.10. The molecule has 0 bridgehead atoms. The quantitative estimate of drug-likeness (QED) is 0.117. The van der Waals surface area contributed by atoms with Crippen LogP contribution < -0.4 is 14.2 Å². The zero-order valence-electron chi connectivity index (χ0n) is 23.0. The first-order valence-corrected chi connectivity index (χ1v) is 13.5. The van der Waals surface area contributed by atoms with Gasteiger partial charge in [0.25, 0.3) is 0 Å². The number of Topliss-reactive ketones (excluding diaryl/α,β-unsaturated/α-hetero) is 1. The number of rotatable bonds is 7. The number of ether oxygens (including phenoxy) is 3. The topological polar surface area (TPSA) is 75.0 Å². The average Bonchev–Trinajstić information content (AvgIpc) is 3.47. The molecule has 204 valence electrons. The summed E-state index contributed by atoms with van der Waals surface area (Å²) in [6.07, 6.45) is 1.72. The highest BCUT2D eigenvalue weighted by Gasteiger charge is 2.29. The number of aryl methyl sites for hydroxylation is 1. The average molecular weight is 545 g/mol. The molecule has 0 spiro atoms. The molecule has 1 aliphatic heterocycles. The fourth-order valence-electron chi connectivity index (χ4n) is 4.80. The molecule has 4 aromatic carbocycles. The van der Waals surface area contributed by atoms with E-state index in [4.69, 9.17) is 18.6 Å². The van der Waals surface area contributed by atoms with Gasteiger partial charge in [0, 0.05) is 11.5 Å². The molecule has 1 aliphatic rings. The molecule has 6 nitrogen and oxygen atoms in total. The van der Waals surface area contributed by atoms with E-state index in [-0.39, 0.29) is 17.3 Å². The minimum atomic E-state index is -0.577. The molecule has 2 heterocycles. The van der Waals surface area contributed by atoms with Crippen molar-refractivity contribution in [3.8, 4) is 17.2 Å². The molecular weight excluding hydrogens is 516 g/mol. The Balaban J connectivity index is 1.20. The number of hydrogen-bond donors (Lipinski definition) is 0. The minimum Gasteiger partial charge on any atom is -0.489 e. The van der Waals surface area contributed by atoms with E-state index >= 15 is 0 Å². The van der Waals surface area contributed by atoms with Gasteiger partial charge in [0.05, 0.1) is 5.56 Å². The van der Waals surface area contributed by atoms with E-state index < -0.39 is 5.97 Å². The Labute approximate surface area is 237 Å². The monoisotopic (exact) mass is 544 g/mol. The summed E-state index contributed by atoms with van der Waals surface area (Å²) in [5, 5.41) is 0.597. The molecule has 5 aromatic rings. The highest BCUT2D eigenvalue weighted by atomic mass is 16.5. The number of carbonyl (C=O) groups is 2. The number of carbonyl (C=O) groups excluding carboxylic acids is 2. The number of allylic oxidation sites excluding steroid dienone is 1. The smallest absolute Gasteiger partial charge is 0.347 e. The summed E-state index contributed by atoms with van der Waals surface area (Å²) in [5.74, 6) is 1.50. The van der Waals surface area contributed by atoms with Crippen LogP contribution in [-0.4, -0.2) is 11.8 Å². The standard InChI is InChI=1S/C35H28O6/c1-21(2)25-11-9-23(10-12-25)17-32-34(36)28-15-13-27(19-31(28)41-32)40-35(37)33-22(3)39-30-16-14-26(18-29(30)33)38-20-24-7-5-4-6-8-24/h4-19,21H,20H2,1-3H3. The van der Waals surface area contributed by atoms with Crippen LogP contribution in [0.15, 0.2) is 101 Å². The van der Waals surface area contributed by atoms with Crippen molar-refractivity contribution in [1.29, 1.82) is 0 Å². The molecule has 1 aromatic heterocycles. The molecule has 6 heteroatoms. The van der Waals surface area contributed by atoms with Crippen molar-refractivity contribution < 1.29 is 28.2 Å². The van der Waals surface area contributed by atoms with Gasteiger partial charge >= 0.3 is 5.97 Å². The molecule has 0 radical (unpaired) electrons. The predicted octanol–water partition coefficient (Wildman–Crippen LogP) is 8.28. The minimum absolute atomic E-state index is 0.217. The molecular formula is C35H28O6. The van der Waals surface area contributed by atoms with E-state index in [0.29, 0.717) is 51.9 Å². The van der Waals surface area contributed by atoms with Crippen LogP contribution in [0, 0.1) is 6.92 Å². The number of benzene rings is 4. The van der Waals surface area contributed by atoms with Crippen LogP contribution in [0.25, 0.3) is 17.0 Å². The number of hydrogen-bond acceptors (Lipinski definition) is 6. The highest BCUT2D eigenvalue weighted by molar-refractivity contribution is 6.14. The fraction of sp³-hybridized carbons (Fsp3) is 0.143. The fourth-order valence-corrected chi connectivity index (χ4v) is 4.80. The number of furan rings is 1. The van der Waals surface area contributed by atoms with Crippen molar-refractivity contribution in [2.75, 3.05) is 0 Å². The van der Waals surface area contributed by atoms with Crippen molar-refractivity contribution in [3.63, 3.8) is 0 Å². The molecule has 0 atom stereocenters. The highest BCUT2D eigenvalue weighted by Crippen LogP contribution is 2.36. The van der Waals surface area contributed by atoms with Crippen LogP contribution in [0.4, 0.5) is 0 Å². The van der Waals surface area contributed by atoms with Crippen LogP contribution in [-0.2, 0) is 6.61 Å². The number of fused-ring (bicyclic) bond motifs is 2. The van der Waals surface area contributed by atoms with E-state index in [0.717, 1.165) is 11.1 Å².